The largest absolute Gasteiger partial charge is 0.390 e. The van der Waals surface area contributed by atoms with Gasteiger partial charge in [0.25, 0.3) is 0 Å². The molecule has 2 N–H and O–H groups in total. The molecule has 0 aromatic heterocycles. The van der Waals surface area contributed by atoms with E-state index in [1.807, 2.05) is 0 Å². The molecule has 0 heterocycles. The van der Waals surface area contributed by atoms with Crippen LogP contribution in [0.25, 0.3) is 0 Å². The molecule has 2 fully saturated rings. The van der Waals surface area contributed by atoms with Crippen molar-refractivity contribution in [3.05, 3.63) is 0 Å². The molecule has 0 radical (unpaired) electrons. The summed E-state index contributed by atoms with van der Waals surface area (Å²) in [5.74, 6) is 0.981. The van der Waals surface area contributed by atoms with Crippen LogP contribution >= 0.6 is 0 Å². The first-order chi connectivity index (χ1) is 5.37. The van der Waals surface area contributed by atoms with Gasteiger partial charge in [-0.15, -0.1) is 0 Å². The van der Waals surface area contributed by atoms with E-state index < -0.39 is 11.7 Å². The van der Waals surface area contributed by atoms with E-state index in [2.05, 4.69) is 13.8 Å². The molecular weight excluding hydrogens is 152 g/mol. The van der Waals surface area contributed by atoms with Crippen LogP contribution < -0.4 is 0 Å². The van der Waals surface area contributed by atoms with Gasteiger partial charge in [-0.25, -0.2) is 0 Å². The molecule has 2 saturated carbocycles. The normalized spacial score (nSPS) is 56.2. The quantitative estimate of drug-likeness (QED) is 0.573. The summed E-state index contributed by atoms with van der Waals surface area (Å²) >= 11 is 0. The Labute approximate surface area is 73.6 Å². The third-order valence-electron chi connectivity index (χ3n) is 4.08. The van der Waals surface area contributed by atoms with E-state index in [4.69, 9.17) is 0 Å². The molecule has 12 heavy (non-hydrogen) atoms. The minimum absolute atomic E-state index is 0.264. The second-order valence-electron chi connectivity index (χ2n) is 5.29. The fourth-order valence-electron chi connectivity index (χ4n) is 2.95. The average Bonchev–Trinajstić information content (AvgIpc) is 2.46. The summed E-state index contributed by atoms with van der Waals surface area (Å²) in [6.45, 7) is 6.13. The van der Waals surface area contributed by atoms with Crippen LogP contribution in [0.3, 0.4) is 0 Å². The van der Waals surface area contributed by atoms with Gasteiger partial charge in [0, 0.05) is 0 Å². The Morgan fingerprint density at radius 2 is 1.83 bits per heavy atom. The molecule has 0 aromatic carbocycles. The third-order valence-corrected chi connectivity index (χ3v) is 4.08. The number of aliphatic hydroxyl groups excluding tert-OH is 1. The third kappa shape index (κ3) is 0.882. The monoisotopic (exact) mass is 170 g/mol. The van der Waals surface area contributed by atoms with E-state index in [9.17, 15) is 10.2 Å². The van der Waals surface area contributed by atoms with Crippen molar-refractivity contribution in [1.82, 2.24) is 0 Å². The van der Waals surface area contributed by atoms with Crippen molar-refractivity contribution in [3.8, 4) is 0 Å². The van der Waals surface area contributed by atoms with Crippen LogP contribution in [0.15, 0.2) is 0 Å². The molecule has 0 spiro atoms. The van der Waals surface area contributed by atoms with Gasteiger partial charge in [0.05, 0.1) is 11.7 Å². The van der Waals surface area contributed by atoms with Crippen LogP contribution in [0.4, 0.5) is 0 Å². The molecule has 2 aliphatic carbocycles. The summed E-state index contributed by atoms with van der Waals surface area (Å²) in [6.07, 6.45) is 1.31. The first kappa shape index (κ1) is 8.52. The summed E-state index contributed by atoms with van der Waals surface area (Å²) in [7, 11) is 0. The van der Waals surface area contributed by atoms with Gasteiger partial charge in [-0.05, 0) is 37.0 Å². The molecule has 0 aromatic rings. The standard InChI is InChI=1S/C10H18O2/c1-9(2)6-4-5-10(3,12)8(11)7(6)9/h6-8,11-12H,4-5H2,1-3H3/t6-,7-,8+,10-/m1/s1. The number of fused-ring (bicyclic) bond motifs is 1. The van der Waals surface area contributed by atoms with Gasteiger partial charge in [-0.2, -0.15) is 0 Å². The first-order valence-corrected chi connectivity index (χ1v) is 4.78. The zero-order valence-electron chi connectivity index (χ0n) is 8.04. The fourth-order valence-corrected chi connectivity index (χ4v) is 2.95. The van der Waals surface area contributed by atoms with Gasteiger partial charge in [-0.1, -0.05) is 13.8 Å². The van der Waals surface area contributed by atoms with Crippen LogP contribution in [0.5, 0.6) is 0 Å². The molecule has 0 saturated heterocycles. The van der Waals surface area contributed by atoms with Gasteiger partial charge in [0.1, 0.15) is 0 Å². The molecule has 2 aliphatic rings. The Bertz CT molecular complexity index is 208. The Hall–Kier alpha value is -0.0800. The highest BCUT2D eigenvalue weighted by atomic mass is 16.3. The van der Waals surface area contributed by atoms with E-state index in [1.165, 1.54) is 0 Å². The van der Waals surface area contributed by atoms with E-state index in [1.54, 1.807) is 6.92 Å². The molecule has 4 atom stereocenters. The second kappa shape index (κ2) is 2.05. The lowest BCUT2D eigenvalue weighted by atomic mass is 9.84. The van der Waals surface area contributed by atoms with Gasteiger partial charge >= 0.3 is 0 Å². The molecule has 0 bridgehead atoms. The smallest absolute Gasteiger partial charge is 0.0880 e. The molecule has 70 valence electrons. The van der Waals surface area contributed by atoms with E-state index in [0.717, 1.165) is 12.8 Å². The lowest BCUT2D eigenvalue weighted by Gasteiger charge is -2.33. The van der Waals surface area contributed by atoms with Crippen molar-refractivity contribution in [3.63, 3.8) is 0 Å². The first-order valence-electron chi connectivity index (χ1n) is 4.78. The van der Waals surface area contributed by atoms with Crippen LogP contribution in [-0.2, 0) is 0 Å². The second-order valence-corrected chi connectivity index (χ2v) is 5.29. The fraction of sp³-hybridized carbons (Fsp3) is 1.00. The van der Waals surface area contributed by atoms with Crippen molar-refractivity contribution in [2.24, 2.45) is 17.3 Å². The van der Waals surface area contributed by atoms with Crippen LogP contribution in [-0.4, -0.2) is 21.9 Å². The van der Waals surface area contributed by atoms with Crippen LogP contribution in [0.2, 0.25) is 0 Å². The van der Waals surface area contributed by atoms with Crippen LogP contribution in [0, 0.1) is 17.3 Å². The molecule has 2 rings (SSSR count). The predicted molar refractivity (Wildman–Crippen MR) is 46.6 cm³/mol. The van der Waals surface area contributed by atoms with E-state index in [-0.39, 0.29) is 5.41 Å². The summed E-state index contributed by atoms with van der Waals surface area (Å²) in [4.78, 5) is 0. The van der Waals surface area contributed by atoms with Gasteiger partial charge in [0.2, 0.25) is 0 Å². The Morgan fingerprint density at radius 3 is 2.33 bits per heavy atom. The summed E-state index contributed by atoms with van der Waals surface area (Å²) in [5, 5.41) is 19.7. The molecule has 0 amide bonds. The van der Waals surface area contributed by atoms with E-state index in [0.29, 0.717) is 11.8 Å². The maximum atomic E-state index is 9.83. The lowest BCUT2D eigenvalue weighted by Crippen LogP contribution is -2.43. The highest BCUT2D eigenvalue weighted by molar-refractivity contribution is 5.14. The average molecular weight is 170 g/mol. The Morgan fingerprint density at radius 1 is 1.25 bits per heavy atom. The number of hydrogen-bond donors (Lipinski definition) is 2. The SMILES string of the molecule is CC1(C)[C@@H]2[C@H]1CC[C@@](C)(O)[C@H]2O. The van der Waals surface area contributed by atoms with Crippen LogP contribution in [0.1, 0.15) is 33.6 Å². The van der Waals surface area contributed by atoms with Gasteiger partial charge in [0.15, 0.2) is 0 Å². The number of rotatable bonds is 0. The highest BCUT2D eigenvalue weighted by Crippen LogP contribution is 2.66. The van der Waals surface area contributed by atoms with E-state index >= 15 is 0 Å². The van der Waals surface area contributed by atoms with Crippen molar-refractivity contribution < 1.29 is 10.2 Å². The summed E-state index contributed by atoms with van der Waals surface area (Å²) in [5.41, 5.74) is -0.575. The number of aliphatic hydroxyl groups is 2. The summed E-state index contributed by atoms with van der Waals surface area (Å²) in [6, 6.07) is 0. The summed E-state index contributed by atoms with van der Waals surface area (Å²) < 4.78 is 0. The molecular formula is C10H18O2. The van der Waals surface area contributed by atoms with Crippen molar-refractivity contribution >= 4 is 0 Å². The maximum absolute atomic E-state index is 9.83. The number of hydrogen-bond acceptors (Lipinski definition) is 2. The van der Waals surface area contributed by atoms with Gasteiger partial charge < -0.3 is 10.2 Å². The zero-order valence-corrected chi connectivity index (χ0v) is 8.04. The lowest BCUT2D eigenvalue weighted by molar-refractivity contribution is -0.0951. The minimum atomic E-state index is -0.838. The predicted octanol–water partition coefficient (Wildman–Crippen LogP) is 1.16. The topological polar surface area (TPSA) is 40.5 Å². The Kier molecular flexibility index (Phi) is 1.45. The molecule has 2 heteroatoms. The van der Waals surface area contributed by atoms with Crippen molar-refractivity contribution in [2.45, 2.75) is 45.3 Å². The van der Waals surface area contributed by atoms with Crippen molar-refractivity contribution in [2.75, 3.05) is 0 Å². The van der Waals surface area contributed by atoms with Crippen molar-refractivity contribution in [1.29, 1.82) is 0 Å². The molecule has 0 unspecified atom stereocenters. The Balaban J connectivity index is 2.19. The minimum Gasteiger partial charge on any atom is -0.390 e. The molecule has 0 aliphatic heterocycles. The van der Waals surface area contributed by atoms with Gasteiger partial charge in [-0.3, -0.25) is 0 Å². The maximum Gasteiger partial charge on any atom is 0.0880 e. The zero-order chi connectivity index (χ0) is 9.15. The molecule has 2 nitrogen and oxygen atoms in total. The highest BCUT2D eigenvalue weighted by Gasteiger charge is 2.65.